The molecule has 0 bridgehead atoms. The first-order valence-electron chi connectivity index (χ1n) is 5.82. The van der Waals surface area contributed by atoms with Crippen LogP contribution in [0.1, 0.15) is 36.6 Å². The van der Waals surface area contributed by atoms with Crippen LogP contribution in [0.5, 0.6) is 0 Å². The first-order chi connectivity index (χ1) is 7.69. The van der Waals surface area contributed by atoms with Crippen LogP contribution in [0.25, 0.3) is 0 Å². The molecule has 1 aromatic rings. The first-order valence-corrected chi connectivity index (χ1v) is 5.82. The maximum absolute atomic E-state index is 10.5. The fourth-order valence-electron chi connectivity index (χ4n) is 2.22. The summed E-state index contributed by atoms with van der Waals surface area (Å²) in [6.45, 7) is 6.70. The highest BCUT2D eigenvalue weighted by Crippen LogP contribution is 2.21. The predicted octanol–water partition coefficient (Wildman–Crippen LogP) is 1.76. The molecular formula is C12H18N2O2. The number of oxazole rings is 1. The number of carbonyl (C=O) groups excluding carboxylic acids is 1. The van der Waals surface area contributed by atoms with Crippen LogP contribution in [0.15, 0.2) is 10.7 Å². The van der Waals surface area contributed by atoms with E-state index in [4.69, 9.17) is 4.42 Å². The number of likely N-dealkylation sites (tertiary alicyclic amines) is 1. The van der Waals surface area contributed by atoms with Crippen LogP contribution in [-0.4, -0.2) is 35.3 Å². The van der Waals surface area contributed by atoms with E-state index < -0.39 is 0 Å². The minimum absolute atomic E-state index is 0.397. The van der Waals surface area contributed by atoms with Crippen molar-refractivity contribution >= 4 is 6.29 Å². The third-order valence-electron chi connectivity index (χ3n) is 3.20. The Kier molecular flexibility index (Phi) is 3.39. The molecule has 4 nitrogen and oxygen atoms in total. The van der Waals surface area contributed by atoms with E-state index in [1.807, 2.05) is 0 Å². The second kappa shape index (κ2) is 4.78. The normalized spacial score (nSPS) is 21.8. The molecular weight excluding hydrogens is 204 g/mol. The summed E-state index contributed by atoms with van der Waals surface area (Å²) in [6, 6.07) is 0.611. The molecule has 1 aliphatic heterocycles. The third kappa shape index (κ3) is 2.50. The molecule has 88 valence electrons. The number of nitrogens with zero attached hydrogens (tertiary/aromatic N) is 2. The molecule has 1 aliphatic rings. The van der Waals surface area contributed by atoms with Crippen molar-refractivity contribution in [1.29, 1.82) is 0 Å². The lowest BCUT2D eigenvalue weighted by Gasteiger charge is -2.19. The monoisotopic (exact) mass is 222 g/mol. The van der Waals surface area contributed by atoms with E-state index in [2.05, 4.69) is 23.7 Å². The van der Waals surface area contributed by atoms with Crippen molar-refractivity contribution in [2.45, 2.75) is 32.7 Å². The summed E-state index contributed by atoms with van der Waals surface area (Å²) in [5.74, 6) is 1.30. The fourth-order valence-corrected chi connectivity index (χ4v) is 2.22. The second-order valence-corrected chi connectivity index (χ2v) is 4.73. The first kappa shape index (κ1) is 11.3. The highest BCUT2D eigenvalue weighted by atomic mass is 16.3. The minimum Gasteiger partial charge on any atom is -0.448 e. The van der Waals surface area contributed by atoms with Crippen molar-refractivity contribution in [2.24, 2.45) is 5.92 Å². The fraction of sp³-hybridized carbons (Fsp3) is 0.667. The van der Waals surface area contributed by atoms with Crippen LogP contribution in [-0.2, 0) is 6.42 Å². The van der Waals surface area contributed by atoms with Crippen LogP contribution in [0, 0.1) is 5.92 Å². The number of hydrogen-bond acceptors (Lipinski definition) is 4. The average Bonchev–Trinajstić information content (AvgIpc) is 2.87. The van der Waals surface area contributed by atoms with Crippen LogP contribution in [0.3, 0.4) is 0 Å². The van der Waals surface area contributed by atoms with E-state index in [-0.39, 0.29) is 0 Å². The van der Waals surface area contributed by atoms with Gasteiger partial charge in [0.15, 0.2) is 12.2 Å². The largest absolute Gasteiger partial charge is 0.448 e. The van der Waals surface area contributed by atoms with Gasteiger partial charge in [0.1, 0.15) is 12.0 Å². The summed E-state index contributed by atoms with van der Waals surface area (Å²) >= 11 is 0. The molecule has 0 saturated carbocycles. The van der Waals surface area contributed by atoms with Gasteiger partial charge in [-0.15, -0.1) is 0 Å². The Morgan fingerprint density at radius 2 is 2.50 bits per heavy atom. The minimum atomic E-state index is 0.397. The van der Waals surface area contributed by atoms with E-state index in [9.17, 15) is 4.79 Å². The van der Waals surface area contributed by atoms with Crippen molar-refractivity contribution in [3.05, 3.63) is 17.8 Å². The molecule has 2 heterocycles. The van der Waals surface area contributed by atoms with E-state index in [0.717, 1.165) is 25.8 Å². The van der Waals surface area contributed by atoms with Crippen LogP contribution >= 0.6 is 0 Å². The molecule has 2 rings (SSSR count). The van der Waals surface area contributed by atoms with Crippen molar-refractivity contribution in [1.82, 2.24) is 9.88 Å². The highest BCUT2D eigenvalue weighted by Gasteiger charge is 2.25. The van der Waals surface area contributed by atoms with Gasteiger partial charge in [-0.2, -0.15) is 0 Å². The lowest BCUT2D eigenvalue weighted by Crippen LogP contribution is -2.28. The standard InChI is InChI=1S/C12H18N2O2/c1-9(2)14-4-3-10(6-14)5-12-13-11(7-15)8-16-12/h7-10H,3-6H2,1-2H3. The van der Waals surface area contributed by atoms with Gasteiger partial charge in [-0.3, -0.25) is 4.79 Å². The zero-order valence-electron chi connectivity index (χ0n) is 9.85. The Balaban J connectivity index is 1.89. The van der Waals surface area contributed by atoms with Crippen LogP contribution < -0.4 is 0 Å². The maximum Gasteiger partial charge on any atom is 0.194 e. The Morgan fingerprint density at radius 3 is 3.06 bits per heavy atom. The molecule has 0 aromatic carbocycles. The molecule has 0 radical (unpaired) electrons. The molecule has 0 aliphatic carbocycles. The summed E-state index contributed by atoms with van der Waals surface area (Å²) in [4.78, 5) is 17.0. The van der Waals surface area contributed by atoms with Crippen molar-refractivity contribution < 1.29 is 9.21 Å². The van der Waals surface area contributed by atoms with E-state index >= 15 is 0 Å². The molecule has 4 heteroatoms. The van der Waals surface area contributed by atoms with Gasteiger partial charge in [0.2, 0.25) is 0 Å². The molecule has 1 fully saturated rings. The van der Waals surface area contributed by atoms with Gasteiger partial charge < -0.3 is 9.32 Å². The molecule has 0 spiro atoms. The third-order valence-corrected chi connectivity index (χ3v) is 3.20. The SMILES string of the molecule is CC(C)N1CCC(Cc2nc(C=O)co2)C1. The zero-order chi connectivity index (χ0) is 11.5. The predicted molar refractivity (Wildman–Crippen MR) is 60.4 cm³/mol. The van der Waals surface area contributed by atoms with Crippen molar-refractivity contribution in [2.75, 3.05) is 13.1 Å². The zero-order valence-corrected chi connectivity index (χ0v) is 9.85. The number of hydrogen-bond donors (Lipinski definition) is 0. The molecule has 1 unspecified atom stereocenters. The Hall–Kier alpha value is -1.16. The number of rotatable bonds is 4. The van der Waals surface area contributed by atoms with Gasteiger partial charge in [-0.05, 0) is 32.7 Å². The van der Waals surface area contributed by atoms with E-state index in [1.165, 1.54) is 12.7 Å². The summed E-state index contributed by atoms with van der Waals surface area (Å²) in [5, 5.41) is 0. The van der Waals surface area contributed by atoms with Gasteiger partial charge in [0.05, 0.1) is 0 Å². The van der Waals surface area contributed by atoms with E-state index in [1.54, 1.807) is 0 Å². The van der Waals surface area contributed by atoms with E-state index in [0.29, 0.717) is 23.5 Å². The van der Waals surface area contributed by atoms with Gasteiger partial charge in [0, 0.05) is 19.0 Å². The van der Waals surface area contributed by atoms with Crippen molar-refractivity contribution in [3.8, 4) is 0 Å². The summed E-state index contributed by atoms with van der Waals surface area (Å²) in [5.41, 5.74) is 0.397. The molecule has 0 N–H and O–H groups in total. The highest BCUT2D eigenvalue weighted by molar-refractivity contribution is 5.70. The summed E-state index contributed by atoms with van der Waals surface area (Å²) in [6.07, 6.45) is 4.19. The molecule has 1 saturated heterocycles. The smallest absolute Gasteiger partial charge is 0.194 e. The second-order valence-electron chi connectivity index (χ2n) is 4.73. The summed E-state index contributed by atoms with van der Waals surface area (Å²) in [7, 11) is 0. The van der Waals surface area contributed by atoms with Gasteiger partial charge in [0.25, 0.3) is 0 Å². The van der Waals surface area contributed by atoms with Gasteiger partial charge in [-0.1, -0.05) is 0 Å². The van der Waals surface area contributed by atoms with Gasteiger partial charge >= 0.3 is 0 Å². The number of carbonyl (C=O) groups is 1. The number of aromatic nitrogens is 1. The maximum atomic E-state index is 10.5. The number of aldehydes is 1. The molecule has 1 atom stereocenters. The Labute approximate surface area is 95.6 Å². The molecule has 16 heavy (non-hydrogen) atoms. The van der Waals surface area contributed by atoms with Crippen molar-refractivity contribution in [3.63, 3.8) is 0 Å². The van der Waals surface area contributed by atoms with Crippen LogP contribution in [0.2, 0.25) is 0 Å². The van der Waals surface area contributed by atoms with Crippen LogP contribution in [0.4, 0.5) is 0 Å². The quantitative estimate of drug-likeness (QED) is 0.728. The molecule has 1 aromatic heterocycles. The van der Waals surface area contributed by atoms with Gasteiger partial charge in [-0.25, -0.2) is 4.98 Å². The topological polar surface area (TPSA) is 46.3 Å². The Morgan fingerprint density at radius 1 is 1.69 bits per heavy atom. The lowest BCUT2D eigenvalue weighted by molar-refractivity contribution is 0.111. The average molecular weight is 222 g/mol. The Bertz CT molecular complexity index is 360. The molecule has 0 amide bonds. The lowest BCUT2D eigenvalue weighted by atomic mass is 10.1. The summed E-state index contributed by atoms with van der Waals surface area (Å²) < 4.78 is 5.25.